The van der Waals surface area contributed by atoms with Crippen LogP contribution in [0.1, 0.15) is 42.4 Å². The first-order valence-corrected chi connectivity index (χ1v) is 7.58. The first kappa shape index (κ1) is 8.68. The van der Waals surface area contributed by atoms with Crippen LogP contribution < -0.4 is 4.74 Å². The van der Waals surface area contributed by atoms with E-state index in [1.165, 1.54) is 30.3 Å². The van der Waals surface area contributed by atoms with Gasteiger partial charge >= 0.3 is 5.97 Å². The second kappa shape index (κ2) is 7.53. The summed E-state index contributed by atoms with van der Waals surface area (Å²) >= 11 is 0. The van der Waals surface area contributed by atoms with Crippen LogP contribution in [-0.4, -0.2) is 36.4 Å². The molecule has 0 aromatic heterocycles. The monoisotopic (exact) mass is 347 g/mol. The Balaban J connectivity index is 2.22. The molecule has 4 heteroatoms. The van der Waals surface area contributed by atoms with Crippen LogP contribution in [0.5, 0.6) is 5.75 Å². The molecule has 0 bridgehead atoms. The minimum absolute atomic E-state index is 0.0654. The Morgan fingerprint density at radius 3 is 3.00 bits per heavy atom. The largest absolute Gasteiger partial charge is 0.488 e. The van der Waals surface area contributed by atoms with Gasteiger partial charge in [0.25, 0.3) is 0 Å². The van der Waals surface area contributed by atoms with E-state index in [1.807, 2.05) is 0 Å². The molecule has 130 valence electrons. The number of nitrogens with zero attached hydrogens (tertiary/aromatic N) is 1. The molecule has 1 aliphatic heterocycles. The van der Waals surface area contributed by atoms with Crippen molar-refractivity contribution in [3.8, 4) is 5.75 Å². The van der Waals surface area contributed by atoms with Crippen LogP contribution in [0.15, 0.2) is 48.5 Å². The second-order valence-corrected chi connectivity index (χ2v) is 5.47. The van der Waals surface area contributed by atoms with Gasteiger partial charge in [-0.1, -0.05) is 36.4 Å². The lowest BCUT2D eigenvalue weighted by molar-refractivity contribution is -0.136. The lowest BCUT2D eigenvalue weighted by atomic mass is 9.92. The standard InChI is InChI=1S/C21H23NO3/c1-22(2)11-5-8-18-17-7-4-3-6-16(17)14-25-20-10-9-15(12-19(18)20)13-21(23)24/h3-4,6-10,12H,5,11,13-14H2,1-2H3,(H,23,24)/b18-8+/i1D3,2D3,11D2,14D2. The maximum absolute atomic E-state index is 11.2. The van der Waals surface area contributed by atoms with Crippen molar-refractivity contribution < 1.29 is 28.3 Å². The Kier molecular flexibility index (Phi) is 2.61. The van der Waals surface area contributed by atoms with Crippen LogP contribution >= 0.6 is 0 Å². The number of carboxylic acid groups (broad SMARTS) is 1. The highest BCUT2D eigenvalue weighted by Gasteiger charge is 2.19. The van der Waals surface area contributed by atoms with Gasteiger partial charge in [-0.05, 0) is 54.8 Å². The first-order valence-electron chi connectivity index (χ1n) is 12.6. The molecular formula is C21H23NO3. The lowest BCUT2D eigenvalue weighted by Crippen LogP contribution is -2.12. The van der Waals surface area contributed by atoms with Crippen molar-refractivity contribution >= 4 is 11.5 Å². The molecule has 2 aromatic rings. The van der Waals surface area contributed by atoms with Gasteiger partial charge in [0.2, 0.25) is 0 Å². The molecule has 0 atom stereocenters. The first-order chi connectivity index (χ1) is 15.9. The third-order valence-electron chi connectivity index (χ3n) is 3.73. The molecule has 0 saturated heterocycles. The highest BCUT2D eigenvalue weighted by molar-refractivity contribution is 5.85. The lowest BCUT2D eigenvalue weighted by Gasteiger charge is -2.13. The Morgan fingerprint density at radius 1 is 1.36 bits per heavy atom. The van der Waals surface area contributed by atoms with E-state index >= 15 is 0 Å². The fourth-order valence-corrected chi connectivity index (χ4v) is 2.68. The van der Waals surface area contributed by atoms with Gasteiger partial charge < -0.3 is 14.7 Å². The van der Waals surface area contributed by atoms with Crippen molar-refractivity contribution in [2.45, 2.75) is 19.4 Å². The summed E-state index contributed by atoms with van der Waals surface area (Å²) in [7, 11) is 0. The second-order valence-electron chi connectivity index (χ2n) is 5.47. The van der Waals surface area contributed by atoms with Gasteiger partial charge in [-0.2, -0.15) is 0 Å². The van der Waals surface area contributed by atoms with Gasteiger partial charge in [0.15, 0.2) is 0 Å². The maximum atomic E-state index is 11.2. The predicted octanol–water partition coefficient (Wildman–Crippen LogP) is 3.59. The summed E-state index contributed by atoms with van der Waals surface area (Å²) in [5.74, 6) is -1.03. The number of aliphatic carboxylic acids is 1. The third-order valence-corrected chi connectivity index (χ3v) is 3.73. The summed E-state index contributed by atoms with van der Waals surface area (Å²) in [4.78, 5) is 11.1. The average Bonchev–Trinajstić information content (AvgIpc) is 2.75. The van der Waals surface area contributed by atoms with Crippen LogP contribution in [0, 0.1) is 0 Å². The normalized spacial score (nSPS) is 24.1. The topological polar surface area (TPSA) is 49.8 Å². The van der Waals surface area contributed by atoms with E-state index in [2.05, 4.69) is 0 Å². The smallest absolute Gasteiger partial charge is 0.307 e. The number of benzene rings is 2. The molecule has 1 N–H and O–H groups in total. The van der Waals surface area contributed by atoms with E-state index < -0.39 is 39.4 Å². The summed E-state index contributed by atoms with van der Waals surface area (Å²) in [6.45, 7) is -11.7. The zero-order valence-corrected chi connectivity index (χ0v) is 13.2. The van der Waals surface area contributed by atoms with Crippen molar-refractivity contribution in [3.05, 3.63) is 70.8 Å². The van der Waals surface area contributed by atoms with Gasteiger partial charge in [-0.25, -0.2) is 0 Å². The third kappa shape index (κ3) is 4.09. The summed E-state index contributed by atoms with van der Waals surface area (Å²) in [5.41, 5.74) is 1.33. The van der Waals surface area contributed by atoms with E-state index in [0.717, 1.165) is 0 Å². The van der Waals surface area contributed by atoms with Crippen molar-refractivity contribution in [3.63, 3.8) is 0 Å². The fourth-order valence-electron chi connectivity index (χ4n) is 2.68. The maximum Gasteiger partial charge on any atom is 0.307 e. The minimum Gasteiger partial charge on any atom is -0.488 e. The average molecular weight is 347 g/mol. The minimum atomic E-state index is -3.26. The van der Waals surface area contributed by atoms with E-state index in [0.29, 0.717) is 11.1 Å². The molecule has 25 heavy (non-hydrogen) atoms. The van der Waals surface area contributed by atoms with Crippen LogP contribution in [0.2, 0.25) is 0 Å². The molecule has 0 aliphatic carbocycles. The summed E-state index contributed by atoms with van der Waals surface area (Å²) in [6.07, 6.45) is 0.276. The molecule has 0 fully saturated rings. The Hall–Kier alpha value is -2.59. The molecule has 1 aliphatic rings. The van der Waals surface area contributed by atoms with Crippen molar-refractivity contribution in [1.82, 2.24) is 4.90 Å². The van der Waals surface area contributed by atoms with Crippen molar-refractivity contribution in [2.24, 2.45) is 0 Å². The SMILES string of the molecule is [2H]C1([2H])Oc2ccc(CC(=O)O)cc2/C(=C/CC([2H])([2H])N(C([2H])([2H])[2H])C([2H])([2H])[2H])c2ccccc21. The fraction of sp³-hybridized carbons (Fsp3) is 0.286. The van der Waals surface area contributed by atoms with Crippen LogP contribution in [0.4, 0.5) is 0 Å². The zero-order valence-electron chi connectivity index (χ0n) is 23.2. The van der Waals surface area contributed by atoms with Crippen LogP contribution in [-0.2, 0) is 17.8 Å². The number of hydrogen-bond donors (Lipinski definition) is 1. The molecule has 4 nitrogen and oxygen atoms in total. The molecule has 0 unspecified atom stereocenters. The molecule has 0 spiro atoms. The van der Waals surface area contributed by atoms with Gasteiger partial charge in [0, 0.05) is 23.0 Å². The number of hydrogen-bond acceptors (Lipinski definition) is 3. The quantitative estimate of drug-likeness (QED) is 0.898. The molecular weight excluding hydrogens is 314 g/mol. The van der Waals surface area contributed by atoms with Crippen molar-refractivity contribution in [2.75, 3.05) is 20.4 Å². The Morgan fingerprint density at radius 2 is 2.20 bits per heavy atom. The van der Waals surface area contributed by atoms with Gasteiger partial charge in [0.1, 0.15) is 12.3 Å². The number of ether oxygens (including phenoxy) is 1. The van der Waals surface area contributed by atoms with E-state index in [4.69, 9.17) is 18.4 Å². The summed E-state index contributed by atoms with van der Waals surface area (Å²) < 4.78 is 84.3. The summed E-state index contributed by atoms with van der Waals surface area (Å²) in [6, 6.07) is 10.6. The van der Waals surface area contributed by atoms with E-state index in [9.17, 15) is 9.90 Å². The van der Waals surface area contributed by atoms with E-state index in [1.54, 1.807) is 18.2 Å². The van der Waals surface area contributed by atoms with Crippen LogP contribution in [0.3, 0.4) is 0 Å². The Labute approximate surface area is 162 Å². The number of carboxylic acids is 1. The van der Waals surface area contributed by atoms with E-state index in [-0.39, 0.29) is 33.8 Å². The molecule has 0 saturated carbocycles. The number of carbonyl (C=O) groups is 1. The highest BCUT2D eigenvalue weighted by Crippen LogP contribution is 2.37. The molecule has 2 aromatic carbocycles. The zero-order chi connectivity index (χ0) is 26.4. The molecule has 0 radical (unpaired) electrons. The van der Waals surface area contributed by atoms with Gasteiger partial charge in [0.05, 0.1) is 9.16 Å². The van der Waals surface area contributed by atoms with Crippen molar-refractivity contribution in [1.29, 1.82) is 0 Å². The Bertz CT molecular complexity index is 1140. The van der Waals surface area contributed by atoms with Gasteiger partial charge in [-0.3, -0.25) is 4.79 Å². The number of fused-ring (bicyclic) bond motifs is 2. The predicted molar refractivity (Wildman–Crippen MR) is 98.8 cm³/mol. The highest BCUT2D eigenvalue weighted by atomic mass is 16.5. The van der Waals surface area contributed by atoms with Gasteiger partial charge in [-0.15, -0.1) is 0 Å². The number of rotatable bonds is 5. The molecule has 1 heterocycles. The van der Waals surface area contributed by atoms with Crippen LogP contribution in [0.25, 0.3) is 5.57 Å². The molecule has 0 amide bonds. The summed E-state index contributed by atoms with van der Waals surface area (Å²) in [5, 5.41) is 9.19. The molecule has 3 rings (SSSR count).